The average Bonchev–Trinajstić information content (AvgIpc) is 3.15. The van der Waals surface area contributed by atoms with Crippen LogP contribution >= 0.6 is 0 Å². The van der Waals surface area contributed by atoms with E-state index in [0.717, 1.165) is 12.5 Å². The number of carbonyl (C=O) groups is 2. The summed E-state index contributed by atoms with van der Waals surface area (Å²) in [4.78, 5) is 22.0. The zero-order chi connectivity index (χ0) is 22.1. The number of halogens is 4. The van der Waals surface area contributed by atoms with Crippen LogP contribution in [0.15, 0.2) is 18.2 Å². The summed E-state index contributed by atoms with van der Waals surface area (Å²) in [6.07, 6.45) is -4.39. The van der Waals surface area contributed by atoms with E-state index in [4.69, 9.17) is 14.2 Å². The minimum Gasteiger partial charge on any atom is -0.450 e. The van der Waals surface area contributed by atoms with Gasteiger partial charge >= 0.3 is 18.2 Å². The van der Waals surface area contributed by atoms with Crippen LogP contribution < -0.4 is 10.6 Å². The fourth-order valence-corrected chi connectivity index (χ4v) is 2.74. The number of amides is 2. The molecule has 1 fully saturated rings. The summed E-state index contributed by atoms with van der Waals surface area (Å²) in [5.41, 5.74) is 0.304. The fraction of sp³-hybridized carbons (Fsp3) is 0.579. The van der Waals surface area contributed by atoms with Crippen LogP contribution in [0.2, 0.25) is 0 Å². The van der Waals surface area contributed by atoms with E-state index in [1.165, 1.54) is 12.1 Å². The molecule has 0 saturated carbocycles. The number of carbonyl (C=O) groups excluding carboxylic acids is 2. The SMILES string of the molecule is CCNC(=O)OCCCCC1COC(c2ccc(CNC(=O)C(F)(F)F)c(F)c2)O1. The number of nitrogens with one attached hydrogen (secondary N) is 2. The van der Waals surface area contributed by atoms with Crippen molar-refractivity contribution in [2.24, 2.45) is 0 Å². The van der Waals surface area contributed by atoms with Gasteiger partial charge in [-0.3, -0.25) is 4.79 Å². The van der Waals surface area contributed by atoms with Gasteiger partial charge in [-0.2, -0.15) is 13.2 Å². The smallest absolute Gasteiger partial charge is 0.450 e. The minimum absolute atomic E-state index is 0.0852. The summed E-state index contributed by atoms with van der Waals surface area (Å²) in [6.45, 7) is 2.31. The molecule has 2 atom stereocenters. The molecule has 7 nitrogen and oxygen atoms in total. The van der Waals surface area contributed by atoms with Crippen molar-refractivity contribution in [2.75, 3.05) is 19.8 Å². The van der Waals surface area contributed by atoms with Crippen LogP contribution in [-0.2, 0) is 25.5 Å². The molecule has 1 aromatic carbocycles. The topological polar surface area (TPSA) is 85.9 Å². The molecule has 0 aromatic heterocycles. The Balaban J connectivity index is 1.75. The van der Waals surface area contributed by atoms with E-state index >= 15 is 0 Å². The molecule has 2 unspecified atom stereocenters. The lowest BCUT2D eigenvalue weighted by atomic mass is 10.1. The average molecular weight is 436 g/mol. The number of hydrogen-bond acceptors (Lipinski definition) is 5. The lowest BCUT2D eigenvalue weighted by Crippen LogP contribution is -2.36. The van der Waals surface area contributed by atoms with Gasteiger partial charge in [0.2, 0.25) is 0 Å². The Labute approximate surface area is 171 Å². The second-order valence-electron chi connectivity index (χ2n) is 6.62. The van der Waals surface area contributed by atoms with E-state index in [1.54, 1.807) is 12.2 Å². The van der Waals surface area contributed by atoms with Gasteiger partial charge in [0.25, 0.3) is 0 Å². The molecule has 1 heterocycles. The third kappa shape index (κ3) is 7.45. The van der Waals surface area contributed by atoms with Crippen LogP contribution in [0.1, 0.15) is 43.6 Å². The summed E-state index contributed by atoms with van der Waals surface area (Å²) < 4.78 is 66.9. The highest BCUT2D eigenvalue weighted by Gasteiger charge is 2.38. The number of rotatable bonds is 9. The first-order valence-corrected chi connectivity index (χ1v) is 9.51. The molecule has 1 aliphatic rings. The summed E-state index contributed by atoms with van der Waals surface area (Å²) in [5.74, 6) is -2.90. The lowest BCUT2D eigenvalue weighted by Gasteiger charge is -2.14. The Morgan fingerprint density at radius 3 is 2.67 bits per heavy atom. The van der Waals surface area contributed by atoms with Gasteiger partial charge in [-0.15, -0.1) is 0 Å². The standard InChI is InChI=1S/C19H24F4N2O5/c1-2-24-18(27)28-8-4-3-5-14-11-29-16(30-14)12-6-7-13(15(20)9-12)10-25-17(26)19(21,22)23/h6-7,9,14,16H,2-5,8,10-11H2,1H3,(H,24,27)(H,25,26). The molecule has 1 saturated heterocycles. The molecule has 0 spiro atoms. The van der Waals surface area contributed by atoms with E-state index < -0.39 is 36.8 Å². The number of ether oxygens (including phenoxy) is 3. The summed E-state index contributed by atoms with van der Waals surface area (Å²) >= 11 is 0. The van der Waals surface area contributed by atoms with Crippen LogP contribution in [0.4, 0.5) is 22.4 Å². The molecule has 1 aliphatic heterocycles. The zero-order valence-electron chi connectivity index (χ0n) is 16.4. The maximum Gasteiger partial charge on any atom is 0.471 e. The van der Waals surface area contributed by atoms with Crippen molar-refractivity contribution in [3.8, 4) is 0 Å². The van der Waals surface area contributed by atoms with Crippen LogP contribution in [0.3, 0.4) is 0 Å². The molecule has 2 N–H and O–H groups in total. The zero-order valence-corrected chi connectivity index (χ0v) is 16.4. The predicted octanol–water partition coefficient (Wildman–Crippen LogP) is 3.33. The van der Waals surface area contributed by atoms with Gasteiger partial charge in [0.05, 0.1) is 19.3 Å². The van der Waals surface area contributed by atoms with Crippen molar-refractivity contribution in [2.45, 2.75) is 51.3 Å². The molecule has 0 radical (unpaired) electrons. The largest absolute Gasteiger partial charge is 0.471 e. The van der Waals surface area contributed by atoms with Crippen LogP contribution in [0.5, 0.6) is 0 Å². The molecular formula is C19H24F4N2O5. The number of hydrogen-bond donors (Lipinski definition) is 2. The van der Waals surface area contributed by atoms with Crippen molar-refractivity contribution in [1.29, 1.82) is 0 Å². The second-order valence-corrected chi connectivity index (χ2v) is 6.62. The van der Waals surface area contributed by atoms with Crippen molar-refractivity contribution >= 4 is 12.0 Å². The van der Waals surface area contributed by atoms with Crippen molar-refractivity contribution in [3.63, 3.8) is 0 Å². The van der Waals surface area contributed by atoms with Gasteiger partial charge in [0.1, 0.15) is 5.82 Å². The molecule has 2 rings (SSSR count). The molecule has 2 amide bonds. The van der Waals surface area contributed by atoms with Crippen LogP contribution in [-0.4, -0.2) is 44.0 Å². The van der Waals surface area contributed by atoms with Gasteiger partial charge in [0.15, 0.2) is 6.29 Å². The quantitative estimate of drug-likeness (QED) is 0.458. The first-order valence-electron chi connectivity index (χ1n) is 9.51. The number of unbranched alkanes of at least 4 members (excludes halogenated alkanes) is 1. The number of alkyl carbamates (subject to hydrolysis) is 1. The van der Waals surface area contributed by atoms with Gasteiger partial charge in [0, 0.05) is 24.2 Å². The number of benzene rings is 1. The van der Waals surface area contributed by atoms with E-state index in [1.807, 2.05) is 0 Å². The molecule has 1 aromatic rings. The first-order chi connectivity index (χ1) is 14.2. The minimum atomic E-state index is -5.02. The van der Waals surface area contributed by atoms with E-state index in [0.29, 0.717) is 38.2 Å². The normalized spacial score (nSPS) is 18.8. The van der Waals surface area contributed by atoms with Gasteiger partial charge < -0.3 is 24.8 Å². The Morgan fingerprint density at radius 1 is 1.23 bits per heavy atom. The summed E-state index contributed by atoms with van der Waals surface area (Å²) in [6, 6.07) is 3.87. The molecule has 168 valence electrons. The maximum absolute atomic E-state index is 14.2. The highest BCUT2D eigenvalue weighted by atomic mass is 19.4. The molecule has 0 bridgehead atoms. The monoisotopic (exact) mass is 436 g/mol. The Morgan fingerprint density at radius 2 is 2.00 bits per heavy atom. The van der Waals surface area contributed by atoms with E-state index in [-0.39, 0.29) is 11.7 Å². The molecular weight excluding hydrogens is 412 g/mol. The van der Waals surface area contributed by atoms with Crippen molar-refractivity contribution in [1.82, 2.24) is 10.6 Å². The lowest BCUT2D eigenvalue weighted by molar-refractivity contribution is -0.173. The van der Waals surface area contributed by atoms with Crippen molar-refractivity contribution < 1.29 is 41.4 Å². The Kier molecular flexibility index (Phi) is 8.85. The van der Waals surface area contributed by atoms with E-state index in [9.17, 15) is 27.2 Å². The van der Waals surface area contributed by atoms with Crippen molar-refractivity contribution in [3.05, 3.63) is 35.1 Å². The molecule has 0 aliphatic carbocycles. The predicted molar refractivity (Wildman–Crippen MR) is 96.7 cm³/mol. The molecule has 30 heavy (non-hydrogen) atoms. The molecule has 11 heteroatoms. The van der Waals surface area contributed by atoms with Crippen LogP contribution in [0, 0.1) is 5.82 Å². The first kappa shape index (κ1) is 23.9. The van der Waals surface area contributed by atoms with Gasteiger partial charge in [-0.1, -0.05) is 12.1 Å². The summed E-state index contributed by atoms with van der Waals surface area (Å²) in [7, 11) is 0. The third-order valence-electron chi connectivity index (χ3n) is 4.27. The maximum atomic E-state index is 14.2. The van der Waals surface area contributed by atoms with Crippen LogP contribution in [0.25, 0.3) is 0 Å². The van der Waals surface area contributed by atoms with E-state index in [2.05, 4.69) is 5.32 Å². The number of alkyl halides is 3. The fourth-order valence-electron chi connectivity index (χ4n) is 2.74. The Hall–Kier alpha value is -2.40. The summed E-state index contributed by atoms with van der Waals surface area (Å²) in [5, 5.41) is 4.14. The van der Waals surface area contributed by atoms with Gasteiger partial charge in [-0.05, 0) is 32.3 Å². The highest BCUT2D eigenvalue weighted by Crippen LogP contribution is 2.30. The second kappa shape index (κ2) is 11.1. The Bertz CT molecular complexity index is 729. The van der Waals surface area contributed by atoms with Gasteiger partial charge in [-0.25, -0.2) is 9.18 Å². The highest BCUT2D eigenvalue weighted by molar-refractivity contribution is 5.81. The third-order valence-corrected chi connectivity index (χ3v) is 4.27.